The van der Waals surface area contributed by atoms with Crippen LogP contribution in [0.1, 0.15) is 12.5 Å². The minimum absolute atomic E-state index is 0.164. The van der Waals surface area contributed by atoms with E-state index in [1.54, 1.807) is 60.7 Å². The van der Waals surface area contributed by atoms with Crippen molar-refractivity contribution < 1.29 is 17.5 Å². The van der Waals surface area contributed by atoms with E-state index >= 15 is 0 Å². The number of aromatic nitrogens is 3. The van der Waals surface area contributed by atoms with Crippen LogP contribution in [-0.4, -0.2) is 29.8 Å². The number of anilines is 1. The number of benzene rings is 3. The Hall–Kier alpha value is -3.72. The van der Waals surface area contributed by atoms with Crippen molar-refractivity contribution in [3.8, 4) is 23.1 Å². The SMILES string of the molecule is CCOc1nc(-c2ccc(F)cc2)n(-c2cccc(NS(=O)(=O)c3ccc(C)cc3)c2)n1. The summed E-state index contributed by atoms with van der Waals surface area (Å²) < 4.78 is 48.5. The van der Waals surface area contributed by atoms with E-state index in [1.165, 1.54) is 16.8 Å². The van der Waals surface area contributed by atoms with Crippen molar-refractivity contribution >= 4 is 15.7 Å². The third-order valence-corrected chi connectivity index (χ3v) is 6.03. The lowest BCUT2D eigenvalue weighted by molar-refractivity contribution is 0.312. The summed E-state index contributed by atoms with van der Waals surface area (Å²) >= 11 is 0. The van der Waals surface area contributed by atoms with Gasteiger partial charge in [-0.1, -0.05) is 23.8 Å². The maximum absolute atomic E-state index is 13.4. The molecular formula is C23H21FN4O3S. The van der Waals surface area contributed by atoms with Gasteiger partial charge in [-0.25, -0.2) is 17.5 Å². The second-order valence-corrected chi connectivity index (χ2v) is 8.72. The lowest BCUT2D eigenvalue weighted by Gasteiger charge is -2.11. The summed E-state index contributed by atoms with van der Waals surface area (Å²) in [6.45, 7) is 4.09. The third-order valence-electron chi connectivity index (χ3n) is 4.64. The molecule has 4 rings (SSSR count). The van der Waals surface area contributed by atoms with E-state index in [1.807, 2.05) is 13.8 Å². The van der Waals surface area contributed by atoms with Crippen molar-refractivity contribution in [1.82, 2.24) is 14.8 Å². The first-order chi connectivity index (χ1) is 15.4. The van der Waals surface area contributed by atoms with Gasteiger partial charge in [-0.15, -0.1) is 5.10 Å². The van der Waals surface area contributed by atoms with Gasteiger partial charge in [-0.3, -0.25) is 4.72 Å². The normalized spacial score (nSPS) is 11.3. The van der Waals surface area contributed by atoms with Crippen LogP contribution in [0.2, 0.25) is 0 Å². The number of rotatable bonds is 7. The molecule has 9 heteroatoms. The second-order valence-electron chi connectivity index (χ2n) is 7.04. The molecule has 4 aromatic rings. The molecule has 7 nitrogen and oxygen atoms in total. The zero-order valence-electron chi connectivity index (χ0n) is 17.5. The highest BCUT2D eigenvalue weighted by Gasteiger charge is 2.17. The summed E-state index contributed by atoms with van der Waals surface area (Å²) in [4.78, 5) is 4.57. The van der Waals surface area contributed by atoms with Gasteiger partial charge in [0.05, 0.1) is 22.9 Å². The number of halogens is 1. The fraction of sp³-hybridized carbons (Fsp3) is 0.130. The molecule has 0 saturated carbocycles. The molecule has 164 valence electrons. The first-order valence-electron chi connectivity index (χ1n) is 9.91. The van der Waals surface area contributed by atoms with Gasteiger partial charge < -0.3 is 4.74 Å². The highest BCUT2D eigenvalue weighted by atomic mass is 32.2. The predicted octanol–water partition coefficient (Wildman–Crippen LogP) is 4.58. The zero-order valence-corrected chi connectivity index (χ0v) is 18.3. The van der Waals surface area contributed by atoms with Crippen LogP contribution in [-0.2, 0) is 10.0 Å². The van der Waals surface area contributed by atoms with Gasteiger partial charge in [0.15, 0.2) is 5.82 Å². The van der Waals surface area contributed by atoms with Crippen LogP contribution in [0.5, 0.6) is 6.01 Å². The monoisotopic (exact) mass is 452 g/mol. The zero-order chi connectivity index (χ0) is 22.7. The number of aryl methyl sites for hydroxylation is 1. The first kappa shape index (κ1) is 21.5. The van der Waals surface area contributed by atoms with Crippen LogP contribution in [0.4, 0.5) is 10.1 Å². The highest BCUT2D eigenvalue weighted by Crippen LogP contribution is 2.26. The van der Waals surface area contributed by atoms with Crippen LogP contribution in [0.3, 0.4) is 0 Å². The van der Waals surface area contributed by atoms with Crippen molar-refractivity contribution in [1.29, 1.82) is 0 Å². The molecule has 0 amide bonds. The Morgan fingerprint density at radius 3 is 2.44 bits per heavy atom. The molecule has 32 heavy (non-hydrogen) atoms. The second kappa shape index (κ2) is 8.80. The fourth-order valence-electron chi connectivity index (χ4n) is 3.08. The minimum atomic E-state index is -3.76. The number of nitrogens with zero attached hydrogens (tertiary/aromatic N) is 3. The topological polar surface area (TPSA) is 86.1 Å². The van der Waals surface area contributed by atoms with Gasteiger partial charge in [0, 0.05) is 5.56 Å². The molecule has 0 aliphatic carbocycles. The molecule has 0 unspecified atom stereocenters. The molecule has 0 bridgehead atoms. The van der Waals surface area contributed by atoms with Crippen molar-refractivity contribution in [3.05, 3.63) is 84.2 Å². The molecule has 3 aromatic carbocycles. The summed E-state index contributed by atoms with van der Waals surface area (Å²) in [6, 6.07) is 19.4. The van der Waals surface area contributed by atoms with Gasteiger partial charge in [0.1, 0.15) is 5.82 Å². The Bertz CT molecular complexity index is 1330. The van der Waals surface area contributed by atoms with Gasteiger partial charge in [-0.2, -0.15) is 4.98 Å². The van der Waals surface area contributed by atoms with Gasteiger partial charge in [-0.05, 0) is 68.4 Å². The standard InChI is InChI=1S/C23H21FN4O3S/c1-3-31-23-25-22(17-9-11-18(24)12-10-17)28(26-23)20-6-4-5-19(15-20)27-32(29,30)21-13-7-16(2)8-14-21/h4-15,27H,3H2,1-2H3. The van der Waals surface area contributed by atoms with Gasteiger partial charge in [0.2, 0.25) is 0 Å². The number of hydrogen-bond acceptors (Lipinski definition) is 5. The Labute approximate surface area is 185 Å². The van der Waals surface area contributed by atoms with E-state index in [4.69, 9.17) is 4.74 Å². The lowest BCUT2D eigenvalue weighted by Crippen LogP contribution is -2.13. The van der Waals surface area contributed by atoms with Crippen LogP contribution < -0.4 is 9.46 Å². The lowest BCUT2D eigenvalue weighted by atomic mass is 10.2. The molecular weight excluding hydrogens is 431 g/mol. The number of sulfonamides is 1. The van der Waals surface area contributed by atoms with Crippen molar-refractivity contribution in [2.24, 2.45) is 0 Å². The van der Waals surface area contributed by atoms with Gasteiger partial charge in [0.25, 0.3) is 10.0 Å². The Balaban J connectivity index is 1.71. The number of nitrogens with one attached hydrogen (secondary N) is 1. The summed E-state index contributed by atoms with van der Waals surface area (Å²) in [5.41, 5.74) is 2.53. The average molecular weight is 453 g/mol. The van der Waals surface area contributed by atoms with E-state index in [0.29, 0.717) is 29.4 Å². The maximum Gasteiger partial charge on any atom is 0.336 e. The predicted molar refractivity (Wildman–Crippen MR) is 120 cm³/mol. The molecule has 0 saturated heterocycles. The van der Waals surface area contributed by atoms with Crippen LogP contribution >= 0.6 is 0 Å². The van der Waals surface area contributed by atoms with Gasteiger partial charge >= 0.3 is 6.01 Å². The number of hydrogen-bond donors (Lipinski definition) is 1. The Kier molecular flexibility index (Phi) is 5.91. The molecule has 1 aromatic heterocycles. The minimum Gasteiger partial charge on any atom is -0.463 e. The Morgan fingerprint density at radius 2 is 1.75 bits per heavy atom. The van der Waals surface area contributed by atoms with Crippen LogP contribution in [0.25, 0.3) is 17.1 Å². The van der Waals surface area contributed by atoms with Crippen LogP contribution in [0, 0.1) is 12.7 Å². The van der Waals surface area contributed by atoms with E-state index < -0.39 is 10.0 Å². The van der Waals surface area contributed by atoms with Crippen LogP contribution in [0.15, 0.2) is 77.7 Å². The third kappa shape index (κ3) is 4.62. The van der Waals surface area contributed by atoms with Crippen molar-refractivity contribution in [3.63, 3.8) is 0 Å². The molecule has 0 atom stereocenters. The summed E-state index contributed by atoms with van der Waals surface area (Å²) in [5.74, 6) is 0.0735. The molecule has 1 heterocycles. The number of ether oxygens (including phenoxy) is 1. The summed E-state index contributed by atoms with van der Waals surface area (Å²) in [7, 11) is -3.76. The van der Waals surface area contributed by atoms with Crippen molar-refractivity contribution in [2.45, 2.75) is 18.7 Å². The smallest absolute Gasteiger partial charge is 0.336 e. The molecule has 0 aliphatic rings. The highest BCUT2D eigenvalue weighted by molar-refractivity contribution is 7.92. The van der Waals surface area contributed by atoms with E-state index in [2.05, 4.69) is 14.8 Å². The fourth-order valence-corrected chi connectivity index (χ4v) is 4.13. The average Bonchev–Trinajstić information content (AvgIpc) is 3.19. The summed E-state index contributed by atoms with van der Waals surface area (Å²) in [5, 5.41) is 4.39. The van der Waals surface area contributed by atoms with E-state index in [9.17, 15) is 12.8 Å². The quantitative estimate of drug-likeness (QED) is 0.444. The molecule has 0 aliphatic heterocycles. The largest absolute Gasteiger partial charge is 0.463 e. The molecule has 0 fully saturated rings. The molecule has 1 N–H and O–H groups in total. The Morgan fingerprint density at radius 1 is 1.03 bits per heavy atom. The summed E-state index contributed by atoms with van der Waals surface area (Å²) in [6.07, 6.45) is 0. The first-order valence-corrected chi connectivity index (χ1v) is 11.4. The molecule has 0 spiro atoms. The van der Waals surface area contributed by atoms with E-state index in [0.717, 1.165) is 5.56 Å². The molecule has 0 radical (unpaired) electrons. The van der Waals surface area contributed by atoms with Crippen molar-refractivity contribution in [2.75, 3.05) is 11.3 Å². The van der Waals surface area contributed by atoms with E-state index in [-0.39, 0.29) is 16.7 Å². The maximum atomic E-state index is 13.4.